The number of aryl methyl sites for hydroxylation is 2. The summed E-state index contributed by atoms with van der Waals surface area (Å²) in [6.07, 6.45) is 2.81. The minimum atomic E-state index is -1.20. The number of phenolic OH excluding ortho intramolecular Hbond substituents is 2. The Morgan fingerprint density at radius 1 is 0.672 bits per heavy atom. The Hall–Kier alpha value is -6.04. The first-order valence-corrected chi connectivity index (χ1v) is 19.2. The predicted octanol–water partition coefficient (Wildman–Crippen LogP) is -0.105. The third-order valence-electron chi connectivity index (χ3n) is 9.51. The number of carbonyl (C=O) groups excluding carboxylic acids is 5. The van der Waals surface area contributed by atoms with Crippen molar-refractivity contribution in [1.29, 1.82) is 0 Å². The molecule has 3 aromatic carbocycles. The number of aldehydes is 1. The Morgan fingerprint density at radius 2 is 1.24 bits per heavy atom. The van der Waals surface area contributed by atoms with Crippen LogP contribution in [-0.4, -0.2) is 89.4 Å². The van der Waals surface area contributed by atoms with Crippen LogP contribution in [0.2, 0.25) is 0 Å². The fraction of sp³-hybridized carbons (Fsp3) is 0.415. The molecule has 0 unspecified atom stereocenters. The molecule has 17 nitrogen and oxygen atoms in total. The molecule has 0 saturated heterocycles. The molecule has 0 aromatic heterocycles. The molecule has 0 spiro atoms. The highest BCUT2D eigenvalue weighted by Crippen LogP contribution is 2.22. The molecule has 5 atom stereocenters. The lowest BCUT2D eigenvalue weighted by molar-refractivity contribution is -0.134. The standard InChI is InChI=1S/C41H58N10O7/c1-25-19-31(54)20-26(2)32(25)23-36(51-50-29(24-52)21-28-13-15-30(53)16-14-28)40(58)48-34(12-8-18-46-41(44)45)38(56)49-35(22-27-9-4-3-5-10-27)39(57)47-33(37(43)55)11-6-7-17-42/h3-5,9-10,13-16,19-20,24,29,33-36,50-51,53-54H,6-8,11-12,17-18,21-23,42H2,1-2H3,(H2,43,55)(H,47,57)(H,48,58)(H,49,56)(H4,44,45,46)/t29-,33-,34+,35-,36-/m0/s1. The largest absolute Gasteiger partial charge is 0.508 e. The Kier molecular flexibility index (Phi) is 19.1. The summed E-state index contributed by atoms with van der Waals surface area (Å²) in [4.78, 5) is 70.7. The number of aromatic hydroxyl groups is 2. The van der Waals surface area contributed by atoms with Gasteiger partial charge in [-0.05, 0) is 117 Å². The Labute approximate surface area is 338 Å². The minimum absolute atomic E-state index is 0.0585. The van der Waals surface area contributed by atoms with Gasteiger partial charge in [-0.3, -0.25) is 24.2 Å². The summed E-state index contributed by atoms with van der Waals surface area (Å²) < 4.78 is 0. The second-order valence-electron chi connectivity index (χ2n) is 14.2. The van der Waals surface area contributed by atoms with Crippen molar-refractivity contribution in [3.8, 4) is 11.5 Å². The van der Waals surface area contributed by atoms with Crippen LogP contribution in [-0.2, 0) is 43.2 Å². The van der Waals surface area contributed by atoms with E-state index in [1.54, 1.807) is 62.4 Å². The predicted molar refractivity (Wildman–Crippen MR) is 221 cm³/mol. The summed E-state index contributed by atoms with van der Waals surface area (Å²) >= 11 is 0. The van der Waals surface area contributed by atoms with Crippen LogP contribution >= 0.6 is 0 Å². The van der Waals surface area contributed by atoms with Crippen molar-refractivity contribution in [1.82, 2.24) is 26.8 Å². The third kappa shape index (κ3) is 15.8. The van der Waals surface area contributed by atoms with Crippen molar-refractivity contribution in [3.63, 3.8) is 0 Å². The molecule has 0 radical (unpaired) electrons. The molecule has 314 valence electrons. The lowest BCUT2D eigenvalue weighted by atomic mass is 9.95. The van der Waals surface area contributed by atoms with E-state index in [9.17, 15) is 34.2 Å². The van der Waals surface area contributed by atoms with E-state index in [2.05, 4.69) is 31.8 Å². The van der Waals surface area contributed by atoms with Gasteiger partial charge in [-0.1, -0.05) is 42.5 Å². The van der Waals surface area contributed by atoms with Crippen molar-refractivity contribution < 1.29 is 34.2 Å². The molecule has 3 aromatic rings. The molecule has 0 aliphatic rings. The number of phenols is 2. The van der Waals surface area contributed by atoms with Gasteiger partial charge in [0.05, 0.1) is 6.04 Å². The van der Waals surface area contributed by atoms with Gasteiger partial charge < -0.3 is 53.9 Å². The van der Waals surface area contributed by atoms with E-state index in [-0.39, 0.29) is 62.5 Å². The molecule has 3 rings (SSSR count). The summed E-state index contributed by atoms with van der Waals surface area (Å²) in [5.41, 5.74) is 31.8. The molecule has 17 heteroatoms. The number of aliphatic imine (C=N–C) groups is 1. The zero-order chi connectivity index (χ0) is 42.6. The monoisotopic (exact) mass is 802 g/mol. The second-order valence-corrected chi connectivity index (χ2v) is 14.2. The molecule has 0 aliphatic carbocycles. The number of amides is 4. The van der Waals surface area contributed by atoms with E-state index < -0.39 is 53.8 Å². The molecule has 4 amide bonds. The number of nitrogens with one attached hydrogen (secondary N) is 5. The van der Waals surface area contributed by atoms with Crippen LogP contribution in [0.25, 0.3) is 0 Å². The van der Waals surface area contributed by atoms with Gasteiger partial charge in [0.1, 0.15) is 42.0 Å². The van der Waals surface area contributed by atoms with Gasteiger partial charge in [0, 0.05) is 13.0 Å². The first kappa shape index (κ1) is 46.3. The van der Waals surface area contributed by atoms with E-state index in [0.717, 1.165) is 16.7 Å². The number of primary amides is 1. The Bertz CT molecular complexity index is 1820. The zero-order valence-electron chi connectivity index (χ0n) is 33.1. The van der Waals surface area contributed by atoms with Crippen molar-refractivity contribution >= 4 is 35.9 Å². The molecular weight excluding hydrogens is 745 g/mol. The van der Waals surface area contributed by atoms with Crippen LogP contribution in [0.1, 0.15) is 59.9 Å². The molecule has 58 heavy (non-hydrogen) atoms. The topological polar surface area (TPSA) is 302 Å². The number of benzene rings is 3. The number of guanidine groups is 1. The second kappa shape index (κ2) is 23.9. The first-order valence-electron chi connectivity index (χ1n) is 19.2. The molecule has 0 fully saturated rings. The summed E-state index contributed by atoms with van der Waals surface area (Å²) in [7, 11) is 0. The summed E-state index contributed by atoms with van der Waals surface area (Å²) in [5, 5.41) is 28.2. The normalized spacial score (nSPS) is 13.6. The van der Waals surface area contributed by atoms with Crippen LogP contribution < -0.4 is 49.7 Å². The fourth-order valence-corrected chi connectivity index (χ4v) is 6.36. The van der Waals surface area contributed by atoms with E-state index in [0.29, 0.717) is 36.8 Å². The van der Waals surface area contributed by atoms with E-state index in [4.69, 9.17) is 22.9 Å². The molecule has 0 saturated carbocycles. The van der Waals surface area contributed by atoms with E-state index in [1.807, 2.05) is 6.07 Å². The van der Waals surface area contributed by atoms with E-state index >= 15 is 0 Å². The van der Waals surface area contributed by atoms with Crippen molar-refractivity contribution in [2.45, 2.75) is 95.4 Å². The highest BCUT2D eigenvalue weighted by Gasteiger charge is 2.31. The van der Waals surface area contributed by atoms with Gasteiger partial charge in [0.25, 0.3) is 0 Å². The highest BCUT2D eigenvalue weighted by molar-refractivity contribution is 5.94. The summed E-state index contributed by atoms with van der Waals surface area (Å²) in [6.45, 7) is 4.14. The Balaban J connectivity index is 1.93. The van der Waals surface area contributed by atoms with Crippen LogP contribution in [0.5, 0.6) is 11.5 Å². The van der Waals surface area contributed by atoms with E-state index in [1.165, 1.54) is 12.1 Å². The average Bonchev–Trinajstić information content (AvgIpc) is 3.18. The number of hydrogen-bond acceptors (Lipinski definition) is 11. The van der Waals surface area contributed by atoms with Crippen molar-refractivity contribution in [2.24, 2.45) is 27.9 Å². The van der Waals surface area contributed by atoms with Crippen LogP contribution in [0.15, 0.2) is 71.7 Å². The molecule has 0 bridgehead atoms. The lowest BCUT2D eigenvalue weighted by Crippen LogP contribution is -2.60. The van der Waals surface area contributed by atoms with Gasteiger partial charge in [-0.15, -0.1) is 0 Å². The molecule has 0 aliphatic heterocycles. The molecular formula is C41H58N10O7. The van der Waals surface area contributed by atoms with Gasteiger partial charge in [-0.25, -0.2) is 10.9 Å². The van der Waals surface area contributed by atoms with Gasteiger partial charge in [0.15, 0.2) is 5.96 Å². The van der Waals surface area contributed by atoms with Crippen molar-refractivity contribution in [2.75, 3.05) is 13.1 Å². The van der Waals surface area contributed by atoms with Gasteiger partial charge >= 0.3 is 0 Å². The zero-order valence-corrected chi connectivity index (χ0v) is 33.1. The number of rotatable bonds is 25. The van der Waals surface area contributed by atoms with Gasteiger partial charge in [0.2, 0.25) is 23.6 Å². The smallest absolute Gasteiger partial charge is 0.243 e. The van der Waals surface area contributed by atoms with Crippen molar-refractivity contribution in [3.05, 3.63) is 94.5 Å². The number of unbranched alkanes of at least 4 members (excludes halogenated alkanes) is 1. The summed E-state index contributed by atoms with van der Waals surface area (Å²) in [5.74, 6) is -2.69. The Morgan fingerprint density at radius 3 is 1.84 bits per heavy atom. The highest BCUT2D eigenvalue weighted by atomic mass is 16.3. The number of hydrazine groups is 1. The van der Waals surface area contributed by atoms with Crippen LogP contribution in [0, 0.1) is 13.8 Å². The quantitative estimate of drug-likeness (QED) is 0.0176. The SMILES string of the molecule is Cc1cc(O)cc(C)c1C[C@H](NN[C@H](C=O)Cc1ccc(O)cc1)C(=O)N[C@H](CCCN=C(N)N)C(=O)N[C@@H](Cc1ccccc1)C(=O)N[C@@H](CCCCN)C(N)=O. The number of hydrogen-bond donors (Lipinski definition) is 11. The van der Waals surface area contributed by atoms with Crippen LogP contribution in [0.4, 0.5) is 0 Å². The maximum absolute atomic E-state index is 14.3. The number of nitrogens with zero attached hydrogens (tertiary/aromatic N) is 1. The summed E-state index contributed by atoms with van der Waals surface area (Å²) in [6, 6.07) is 13.2. The maximum Gasteiger partial charge on any atom is 0.243 e. The minimum Gasteiger partial charge on any atom is -0.508 e. The lowest BCUT2D eigenvalue weighted by Gasteiger charge is -2.27. The van der Waals surface area contributed by atoms with Crippen LogP contribution in [0.3, 0.4) is 0 Å². The number of carbonyl (C=O) groups is 5. The molecule has 15 N–H and O–H groups in total. The molecule has 0 heterocycles. The maximum atomic E-state index is 14.3. The first-order chi connectivity index (χ1) is 27.7. The average molecular weight is 803 g/mol. The fourth-order valence-electron chi connectivity index (χ4n) is 6.36. The van der Waals surface area contributed by atoms with Gasteiger partial charge in [-0.2, -0.15) is 0 Å². The number of nitrogens with two attached hydrogens (primary N) is 4. The third-order valence-corrected chi connectivity index (χ3v) is 9.51.